The van der Waals surface area contributed by atoms with Gasteiger partial charge in [0.1, 0.15) is 22.8 Å². The summed E-state index contributed by atoms with van der Waals surface area (Å²) in [6.07, 6.45) is -0.799. The van der Waals surface area contributed by atoms with E-state index in [0.29, 0.717) is 17.7 Å². The molecule has 4 aliphatic rings. The van der Waals surface area contributed by atoms with Crippen LogP contribution < -0.4 is 5.73 Å². The number of aliphatic hydroxyl groups excluding tert-OH is 3. The summed E-state index contributed by atoms with van der Waals surface area (Å²) in [5.74, 6) is -6.98. The molecule has 1 aromatic carbocycles. The summed E-state index contributed by atoms with van der Waals surface area (Å²) in [6, 6.07) is 1.80. The zero-order valence-electron chi connectivity index (χ0n) is 22.8. The third-order valence-electron chi connectivity index (χ3n) is 9.03. The van der Waals surface area contributed by atoms with Crippen molar-refractivity contribution in [2.75, 3.05) is 53.9 Å². The third-order valence-corrected chi connectivity index (χ3v) is 9.03. The van der Waals surface area contributed by atoms with Gasteiger partial charge in [0.25, 0.3) is 5.91 Å². The Kier molecular flexibility index (Phi) is 7.04. The Morgan fingerprint density at radius 2 is 1.80 bits per heavy atom. The molecule has 7 N–H and O–H groups in total. The van der Waals surface area contributed by atoms with Gasteiger partial charge in [-0.2, -0.15) is 0 Å². The summed E-state index contributed by atoms with van der Waals surface area (Å²) in [7, 11) is 5.14. The second kappa shape index (κ2) is 9.96. The van der Waals surface area contributed by atoms with Gasteiger partial charge < -0.3 is 36.2 Å². The molecule has 1 saturated heterocycles. The summed E-state index contributed by atoms with van der Waals surface area (Å²) in [5, 5.41) is 56.0. The SMILES string of the molecule is CN1CCN(CC(O)c2ccc(O)c3c2C[C@H]2C[C@H]4[C@H](N(C)C)C(=O)C(C(N)=O)=C(O)[C@@]4(O)C(=O)C2=C3O)CC1. The predicted molar refractivity (Wildman–Crippen MR) is 143 cm³/mol. The van der Waals surface area contributed by atoms with Gasteiger partial charge in [-0.3, -0.25) is 24.2 Å². The van der Waals surface area contributed by atoms with Gasteiger partial charge in [-0.1, -0.05) is 6.07 Å². The number of aromatic hydroxyl groups is 1. The highest BCUT2D eigenvalue weighted by Crippen LogP contribution is 2.53. The number of likely N-dealkylation sites (N-methyl/N-ethyl adjacent to an activating group) is 2. The van der Waals surface area contributed by atoms with E-state index >= 15 is 0 Å². The number of primary amides is 1. The maximum absolute atomic E-state index is 13.9. The van der Waals surface area contributed by atoms with Crippen molar-refractivity contribution < 1.29 is 39.9 Å². The number of benzene rings is 1. The van der Waals surface area contributed by atoms with Crippen molar-refractivity contribution in [1.82, 2.24) is 14.7 Å². The molecule has 2 fully saturated rings. The molecule has 0 spiro atoms. The molecule has 5 rings (SSSR count). The van der Waals surface area contributed by atoms with Crippen molar-refractivity contribution in [3.05, 3.63) is 45.7 Å². The Morgan fingerprint density at radius 1 is 1.15 bits per heavy atom. The summed E-state index contributed by atoms with van der Waals surface area (Å²) < 4.78 is 0. The molecular weight excluding hydrogens is 520 g/mol. The number of carbonyl (C=O) groups is 3. The van der Waals surface area contributed by atoms with Gasteiger partial charge in [0.2, 0.25) is 5.78 Å². The molecule has 3 aliphatic carbocycles. The van der Waals surface area contributed by atoms with Crippen LogP contribution >= 0.6 is 0 Å². The van der Waals surface area contributed by atoms with Crippen molar-refractivity contribution in [3.63, 3.8) is 0 Å². The Morgan fingerprint density at radius 3 is 2.40 bits per heavy atom. The average Bonchev–Trinajstić information content (AvgIpc) is 2.87. The number of ketones is 2. The molecule has 12 nitrogen and oxygen atoms in total. The van der Waals surface area contributed by atoms with Gasteiger partial charge >= 0.3 is 0 Å². The Balaban J connectivity index is 1.60. The predicted octanol–water partition coefficient (Wildman–Crippen LogP) is -0.755. The van der Waals surface area contributed by atoms with Crippen molar-refractivity contribution in [2.45, 2.75) is 30.6 Å². The summed E-state index contributed by atoms with van der Waals surface area (Å²) >= 11 is 0. The topological polar surface area (TPSA) is 188 Å². The van der Waals surface area contributed by atoms with Gasteiger partial charge in [0, 0.05) is 44.2 Å². The van der Waals surface area contributed by atoms with Crippen LogP contribution in [-0.4, -0.2) is 123 Å². The summed E-state index contributed by atoms with van der Waals surface area (Å²) in [5.41, 5.74) is 2.57. The first-order valence-electron chi connectivity index (χ1n) is 13.4. The normalized spacial score (nSPS) is 30.3. The monoisotopic (exact) mass is 556 g/mol. The van der Waals surface area contributed by atoms with E-state index in [1.807, 2.05) is 7.05 Å². The lowest BCUT2D eigenvalue weighted by Crippen LogP contribution is -2.65. The zero-order chi connectivity index (χ0) is 29.3. The average molecular weight is 557 g/mol. The standard InChI is InChI=1S/C28H36N4O8/c1-30(2)22-16-11-13-10-15-14(18(34)12-32-8-6-31(3)7-9-32)4-5-17(33)20(15)23(35)19(13)25(37)28(16,40)26(38)21(24(22)36)27(29)39/h4-5,13,16,18,22,33-35,38,40H,6-12H2,1-3H3,(H2,29,39)/t13-,16-,18?,22-,28-/m0/s1. The van der Waals surface area contributed by atoms with Crippen molar-refractivity contribution in [3.8, 4) is 5.75 Å². The fraction of sp³-hybridized carbons (Fsp3) is 0.536. The molecule has 216 valence electrons. The van der Waals surface area contributed by atoms with Crippen LogP contribution in [0.3, 0.4) is 0 Å². The molecule has 5 atom stereocenters. The van der Waals surface area contributed by atoms with Crippen molar-refractivity contribution >= 4 is 23.2 Å². The van der Waals surface area contributed by atoms with Crippen LogP contribution in [0.1, 0.15) is 29.2 Å². The van der Waals surface area contributed by atoms with Crippen molar-refractivity contribution in [2.24, 2.45) is 17.6 Å². The fourth-order valence-electron chi connectivity index (χ4n) is 6.95. The first-order valence-corrected chi connectivity index (χ1v) is 13.4. The Bertz CT molecular complexity index is 1350. The smallest absolute Gasteiger partial charge is 0.255 e. The number of aliphatic hydroxyl groups is 4. The molecule has 40 heavy (non-hydrogen) atoms. The molecule has 1 unspecified atom stereocenters. The number of Topliss-reactive ketones (excluding diaryl/α,β-unsaturated/α-hetero) is 2. The van der Waals surface area contributed by atoms with E-state index in [1.165, 1.54) is 11.0 Å². The quantitative estimate of drug-likeness (QED) is 0.250. The zero-order valence-corrected chi connectivity index (χ0v) is 22.8. The molecule has 1 aromatic rings. The number of nitrogens with zero attached hydrogens (tertiary/aromatic N) is 3. The highest BCUT2D eigenvalue weighted by Gasteiger charge is 2.64. The molecule has 1 aliphatic heterocycles. The second-order valence-electron chi connectivity index (χ2n) is 11.6. The van der Waals surface area contributed by atoms with Gasteiger partial charge in [-0.05, 0) is 57.1 Å². The number of phenols is 1. The Hall–Kier alpha value is -3.29. The lowest BCUT2D eigenvalue weighted by atomic mass is 9.57. The molecule has 0 aromatic heterocycles. The maximum atomic E-state index is 13.9. The van der Waals surface area contributed by atoms with Crippen LogP contribution in [0.25, 0.3) is 5.76 Å². The van der Waals surface area contributed by atoms with Crippen LogP contribution in [0.15, 0.2) is 29.0 Å². The number of β-amino-alcohol motifs (C(OH)–C–C–N with tert-alkyl or cyclic N) is 1. The number of carbonyl (C=O) groups excluding carboxylic acids is 3. The van der Waals surface area contributed by atoms with Gasteiger partial charge in [0.15, 0.2) is 11.4 Å². The van der Waals surface area contributed by atoms with E-state index in [-0.39, 0.29) is 29.7 Å². The number of fused-ring (bicyclic) bond motifs is 3. The first kappa shape index (κ1) is 28.2. The molecule has 1 saturated carbocycles. The summed E-state index contributed by atoms with van der Waals surface area (Å²) in [6.45, 7) is 3.65. The van der Waals surface area contributed by atoms with E-state index in [1.54, 1.807) is 20.2 Å². The molecule has 0 bridgehead atoms. The minimum absolute atomic E-state index is 0.00455. The number of phenolic OH excluding ortho intramolecular Hbond substituents is 1. The number of hydrogen-bond donors (Lipinski definition) is 6. The van der Waals surface area contributed by atoms with Gasteiger partial charge in [0.05, 0.1) is 17.7 Å². The molecule has 1 heterocycles. The number of piperazine rings is 1. The van der Waals surface area contributed by atoms with Crippen LogP contribution in [-0.2, 0) is 20.8 Å². The molecular formula is C28H36N4O8. The lowest BCUT2D eigenvalue weighted by molar-refractivity contribution is -0.153. The highest BCUT2D eigenvalue weighted by molar-refractivity contribution is 6.24. The van der Waals surface area contributed by atoms with Crippen LogP contribution in [0, 0.1) is 11.8 Å². The number of rotatable bonds is 5. The second-order valence-corrected chi connectivity index (χ2v) is 11.6. The van der Waals surface area contributed by atoms with E-state index in [9.17, 15) is 39.9 Å². The maximum Gasteiger partial charge on any atom is 0.255 e. The lowest BCUT2D eigenvalue weighted by Gasteiger charge is -2.50. The van der Waals surface area contributed by atoms with Gasteiger partial charge in [-0.15, -0.1) is 0 Å². The minimum atomic E-state index is -2.68. The first-order chi connectivity index (χ1) is 18.8. The van der Waals surface area contributed by atoms with Crippen LogP contribution in [0.2, 0.25) is 0 Å². The molecule has 0 radical (unpaired) electrons. The minimum Gasteiger partial charge on any atom is -0.508 e. The molecule has 12 heteroatoms. The van der Waals surface area contributed by atoms with Crippen LogP contribution in [0.5, 0.6) is 5.75 Å². The number of hydrogen-bond acceptors (Lipinski definition) is 11. The van der Waals surface area contributed by atoms with E-state index in [2.05, 4.69) is 9.80 Å². The highest BCUT2D eigenvalue weighted by atomic mass is 16.3. The fourth-order valence-corrected chi connectivity index (χ4v) is 6.95. The third kappa shape index (κ3) is 4.13. The van der Waals surface area contributed by atoms with Crippen LogP contribution in [0.4, 0.5) is 0 Å². The van der Waals surface area contributed by atoms with Crippen molar-refractivity contribution in [1.29, 1.82) is 0 Å². The largest absolute Gasteiger partial charge is 0.508 e. The number of amides is 1. The summed E-state index contributed by atoms with van der Waals surface area (Å²) in [4.78, 5) is 45.0. The Labute approximate surface area is 231 Å². The molecule has 1 amide bonds. The number of nitrogens with two attached hydrogens (primary N) is 1. The van der Waals surface area contributed by atoms with E-state index < -0.39 is 64.1 Å². The van der Waals surface area contributed by atoms with E-state index in [0.717, 1.165) is 26.2 Å². The van der Waals surface area contributed by atoms with Gasteiger partial charge in [-0.25, -0.2) is 0 Å². The van der Waals surface area contributed by atoms with E-state index in [4.69, 9.17) is 5.73 Å².